The van der Waals surface area contributed by atoms with Crippen LogP contribution in [0, 0.1) is 13.8 Å². The van der Waals surface area contributed by atoms with Crippen LogP contribution in [0.2, 0.25) is 0 Å². The quantitative estimate of drug-likeness (QED) is 0.874. The number of thiazole rings is 1. The van der Waals surface area contributed by atoms with Crippen molar-refractivity contribution in [3.8, 4) is 0 Å². The van der Waals surface area contributed by atoms with Crippen molar-refractivity contribution in [1.29, 1.82) is 0 Å². The molecule has 8 nitrogen and oxygen atoms in total. The van der Waals surface area contributed by atoms with Crippen molar-refractivity contribution >= 4 is 34.1 Å². The van der Waals surface area contributed by atoms with Gasteiger partial charge in [-0.1, -0.05) is 5.21 Å². The second-order valence-corrected chi connectivity index (χ2v) is 5.39. The average Bonchev–Trinajstić information content (AvgIpc) is 2.86. The Morgan fingerprint density at radius 2 is 2.10 bits per heavy atom. The number of hydrogen-bond acceptors (Lipinski definition) is 6. The van der Waals surface area contributed by atoms with Crippen molar-refractivity contribution in [1.82, 2.24) is 20.0 Å². The number of hydrogen-bond donors (Lipinski definition) is 2. The summed E-state index contributed by atoms with van der Waals surface area (Å²) < 4.78 is 1.34. The number of carbonyl (C=O) groups is 2. The maximum Gasteiger partial charge on any atom is 0.247 e. The first-order chi connectivity index (χ1) is 9.44. The lowest BCUT2D eigenvalue weighted by atomic mass is 10.4. The van der Waals surface area contributed by atoms with Crippen molar-refractivity contribution in [2.24, 2.45) is 0 Å². The summed E-state index contributed by atoms with van der Waals surface area (Å²) in [5.74, 6) is -0.181. The zero-order valence-corrected chi connectivity index (χ0v) is 12.1. The largest absolute Gasteiger partial charge is 0.308 e. The van der Waals surface area contributed by atoms with E-state index in [9.17, 15) is 9.59 Å². The first-order valence-electron chi connectivity index (χ1n) is 5.85. The minimum atomic E-state index is -0.252. The Hall–Kier alpha value is -2.29. The van der Waals surface area contributed by atoms with Crippen molar-refractivity contribution in [3.05, 3.63) is 16.8 Å². The molecule has 106 valence electrons. The second kappa shape index (κ2) is 5.78. The molecule has 20 heavy (non-hydrogen) atoms. The highest BCUT2D eigenvalue weighted by Crippen LogP contribution is 2.20. The van der Waals surface area contributed by atoms with Crippen LogP contribution in [0.5, 0.6) is 0 Å². The highest BCUT2D eigenvalue weighted by Gasteiger charge is 2.10. The maximum absolute atomic E-state index is 11.8. The molecule has 9 heteroatoms. The lowest BCUT2D eigenvalue weighted by Crippen LogP contribution is -2.19. The molecular formula is C11H14N6O2S. The standard InChI is InChI=1S/C11H14N6O2S/c1-6-7(2)20-11(12-6)14-10(19)5-17-4-9(15-16-17)13-8(3)18/h4H,5H2,1-3H3,(H,13,18)(H,12,14,19). The molecule has 0 spiro atoms. The number of amides is 2. The van der Waals surface area contributed by atoms with Gasteiger partial charge in [-0.05, 0) is 13.8 Å². The lowest BCUT2D eigenvalue weighted by Gasteiger charge is -2.00. The number of nitrogens with zero attached hydrogens (tertiary/aromatic N) is 4. The van der Waals surface area contributed by atoms with E-state index < -0.39 is 0 Å². The molecule has 2 N–H and O–H groups in total. The molecule has 0 saturated carbocycles. The Morgan fingerprint density at radius 3 is 2.70 bits per heavy atom. The Bertz CT molecular complexity index is 628. The molecule has 2 aromatic rings. The zero-order valence-electron chi connectivity index (χ0n) is 11.3. The first-order valence-corrected chi connectivity index (χ1v) is 6.67. The van der Waals surface area contributed by atoms with Crippen molar-refractivity contribution in [2.45, 2.75) is 27.3 Å². The molecule has 0 aliphatic carbocycles. The molecule has 0 atom stereocenters. The second-order valence-electron chi connectivity index (χ2n) is 4.19. The van der Waals surface area contributed by atoms with Crippen LogP contribution in [0.15, 0.2) is 6.20 Å². The molecule has 2 heterocycles. The smallest absolute Gasteiger partial charge is 0.247 e. The van der Waals surface area contributed by atoms with Crippen LogP contribution in [0.3, 0.4) is 0 Å². The van der Waals surface area contributed by atoms with Crippen LogP contribution >= 0.6 is 11.3 Å². The molecule has 2 rings (SSSR count). The van der Waals surface area contributed by atoms with Crippen LogP contribution in [-0.4, -0.2) is 31.8 Å². The normalized spacial score (nSPS) is 10.3. The Balaban J connectivity index is 1.94. The van der Waals surface area contributed by atoms with E-state index in [4.69, 9.17) is 0 Å². The SMILES string of the molecule is CC(=O)Nc1cn(CC(=O)Nc2nc(C)c(C)s2)nn1. The first kappa shape index (κ1) is 14.1. The summed E-state index contributed by atoms with van der Waals surface area (Å²) in [4.78, 5) is 27.9. The number of anilines is 2. The molecule has 0 aromatic carbocycles. The molecular weight excluding hydrogens is 280 g/mol. The Kier molecular flexibility index (Phi) is 4.08. The molecule has 0 bridgehead atoms. The number of nitrogens with one attached hydrogen (secondary N) is 2. The number of carbonyl (C=O) groups excluding carboxylic acids is 2. The van der Waals surface area contributed by atoms with Gasteiger partial charge in [0.15, 0.2) is 10.9 Å². The van der Waals surface area contributed by atoms with E-state index in [0.29, 0.717) is 10.9 Å². The van der Waals surface area contributed by atoms with E-state index in [-0.39, 0.29) is 18.4 Å². The van der Waals surface area contributed by atoms with Gasteiger partial charge in [-0.3, -0.25) is 9.59 Å². The molecule has 2 aromatic heterocycles. The minimum absolute atomic E-state index is 0.00423. The fraction of sp³-hybridized carbons (Fsp3) is 0.364. The van der Waals surface area contributed by atoms with Gasteiger partial charge in [0, 0.05) is 11.8 Å². The van der Waals surface area contributed by atoms with Gasteiger partial charge in [-0.25, -0.2) is 9.67 Å². The number of aryl methyl sites for hydroxylation is 2. The topological polar surface area (TPSA) is 102 Å². The summed E-state index contributed by atoms with van der Waals surface area (Å²) in [6.07, 6.45) is 1.49. The summed E-state index contributed by atoms with van der Waals surface area (Å²) in [6.45, 7) is 5.21. The molecule has 0 saturated heterocycles. The van der Waals surface area contributed by atoms with Crippen LogP contribution in [0.25, 0.3) is 0 Å². The third-order valence-electron chi connectivity index (χ3n) is 2.42. The van der Waals surface area contributed by atoms with Gasteiger partial charge in [0.05, 0.1) is 11.9 Å². The van der Waals surface area contributed by atoms with E-state index in [0.717, 1.165) is 10.6 Å². The van der Waals surface area contributed by atoms with Gasteiger partial charge >= 0.3 is 0 Å². The van der Waals surface area contributed by atoms with E-state index in [2.05, 4.69) is 25.9 Å². The molecule has 0 unspecified atom stereocenters. The van der Waals surface area contributed by atoms with E-state index in [1.54, 1.807) is 0 Å². The monoisotopic (exact) mass is 294 g/mol. The fourth-order valence-electron chi connectivity index (χ4n) is 1.45. The number of rotatable bonds is 4. The maximum atomic E-state index is 11.8. The van der Waals surface area contributed by atoms with Gasteiger partial charge in [0.25, 0.3) is 0 Å². The van der Waals surface area contributed by atoms with Crippen LogP contribution in [0.4, 0.5) is 10.9 Å². The summed E-state index contributed by atoms with van der Waals surface area (Å²) in [5, 5.41) is 13.2. The van der Waals surface area contributed by atoms with Gasteiger partial charge in [-0.2, -0.15) is 0 Å². The van der Waals surface area contributed by atoms with Crippen molar-refractivity contribution in [3.63, 3.8) is 0 Å². The predicted octanol–water partition coefficient (Wildman–Crippen LogP) is 0.949. The highest BCUT2D eigenvalue weighted by molar-refractivity contribution is 7.15. The van der Waals surface area contributed by atoms with E-state index in [1.165, 1.54) is 29.1 Å². The minimum Gasteiger partial charge on any atom is -0.308 e. The average molecular weight is 294 g/mol. The van der Waals surface area contributed by atoms with Gasteiger partial charge in [0.1, 0.15) is 6.54 Å². The fourth-order valence-corrected chi connectivity index (χ4v) is 2.28. The van der Waals surface area contributed by atoms with Gasteiger partial charge < -0.3 is 10.6 Å². The number of aromatic nitrogens is 4. The molecule has 0 radical (unpaired) electrons. The van der Waals surface area contributed by atoms with E-state index in [1.807, 2.05) is 13.8 Å². The molecule has 2 amide bonds. The predicted molar refractivity (Wildman–Crippen MR) is 74.5 cm³/mol. The summed E-state index contributed by atoms with van der Waals surface area (Å²) in [7, 11) is 0. The third kappa shape index (κ3) is 3.60. The van der Waals surface area contributed by atoms with Gasteiger partial charge in [-0.15, -0.1) is 16.4 Å². The van der Waals surface area contributed by atoms with Crippen LogP contribution in [-0.2, 0) is 16.1 Å². The van der Waals surface area contributed by atoms with Crippen molar-refractivity contribution < 1.29 is 9.59 Å². The zero-order chi connectivity index (χ0) is 14.7. The molecule has 0 fully saturated rings. The van der Waals surface area contributed by atoms with E-state index >= 15 is 0 Å². The lowest BCUT2D eigenvalue weighted by molar-refractivity contribution is -0.117. The Morgan fingerprint density at radius 1 is 1.35 bits per heavy atom. The highest BCUT2D eigenvalue weighted by atomic mass is 32.1. The van der Waals surface area contributed by atoms with Crippen molar-refractivity contribution in [2.75, 3.05) is 10.6 Å². The van der Waals surface area contributed by atoms with Gasteiger partial charge in [0.2, 0.25) is 11.8 Å². The third-order valence-corrected chi connectivity index (χ3v) is 3.41. The summed E-state index contributed by atoms with van der Waals surface area (Å²) in [6, 6.07) is 0. The van der Waals surface area contributed by atoms with Crippen LogP contribution in [0.1, 0.15) is 17.5 Å². The molecule has 0 aliphatic rings. The summed E-state index contributed by atoms with van der Waals surface area (Å²) >= 11 is 1.42. The van der Waals surface area contributed by atoms with Crippen LogP contribution < -0.4 is 10.6 Å². The Labute approximate surface area is 119 Å². The molecule has 0 aliphatic heterocycles. The summed E-state index contributed by atoms with van der Waals surface area (Å²) in [5.41, 5.74) is 0.902.